The fourth-order valence-electron chi connectivity index (χ4n) is 14.4. The third kappa shape index (κ3) is 16.9. The molecule has 1 aromatic rings. The summed E-state index contributed by atoms with van der Waals surface area (Å²) in [6, 6.07) is -6.37. The van der Waals surface area contributed by atoms with Crippen LogP contribution in [0.3, 0.4) is 0 Å². The molecule has 2 aliphatic carbocycles. The number of likely N-dealkylation sites (N-methyl/N-ethyl adjacent to an activating group) is 4. The summed E-state index contributed by atoms with van der Waals surface area (Å²) in [5, 5.41) is 11.1. The molecular weight excluding hydrogens is 1220 g/mol. The molecule has 1 spiro atoms. The van der Waals surface area contributed by atoms with Crippen LogP contribution in [0.1, 0.15) is 175 Å². The molecule has 0 radical (unpaired) electrons. The van der Waals surface area contributed by atoms with Crippen molar-refractivity contribution >= 4 is 76.6 Å². The number of carbonyl (C=O) groups is 11. The van der Waals surface area contributed by atoms with Crippen molar-refractivity contribution in [1.29, 1.82) is 0 Å². The van der Waals surface area contributed by atoms with E-state index in [1.165, 1.54) is 68.6 Å². The van der Waals surface area contributed by atoms with Crippen molar-refractivity contribution in [3.05, 3.63) is 34.3 Å². The highest BCUT2D eigenvalue weighted by atomic mass is 35.5. The zero-order valence-electron chi connectivity index (χ0n) is 55.6. The monoisotopic (exact) mass is 1310 g/mol. The molecule has 11 amide bonds. The molecule has 7 rings (SSSR count). The molecule has 512 valence electrons. The number of aryl methyl sites for hydroxylation is 1. The Morgan fingerprint density at radius 2 is 1.26 bits per heavy atom. The number of carbonyl (C=O) groups excluding carboxylic acids is 11. The van der Waals surface area contributed by atoms with Crippen LogP contribution in [0, 0.1) is 23.7 Å². The summed E-state index contributed by atoms with van der Waals surface area (Å²) in [5.74, 6) is -7.23. The highest BCUT2D eigenvalue weighted by molar-refractivity contribution is 6.31. The lowest BCUT2D eigenvalue weighted by molar-refractivity contribution is -0.165. The molecule has 2 saturated carbocycles. The molecule has 26 heteroatoms. The van der Waals surface area contributed by atoms with E-state index in [-0.39, 0.29) is 89.3 Å². The van der Waals surface area contributed by atoms with Crippen LogP contribution in [0.15, 0.2) is 18.2 Å². The van der Waals surface area contributed by atoms with E-state index >= 15 is 9.59 Å². The van der Waals surface area contributed by atoms with E-state index in [2.05, 4.69) is 21.3 Å². The summed E-state index contributed by atoms with van der Waals surface area (Å²) in [5.41, 5.74) is -2.23. The van der Waals surface area contributed by atoms with E-state index in [0.29, 0.717) is 37.7 Å². The lowest BCUT2D eigenvalue weighted by Gasteiger charge is -2.49. The molecular formula is C66H99ClF3N11O11. The van der Waals surface area contributed by atoms with Crippen molar-refractivity contribution in [2.45, 2.75) is 237 Å². The number of hydrogen-bond acceptors (Lipinski definition) is 11. The molecule has 4 aliphatic heterocycles. The van der Waals surface area contributed by atoms with Gasteiger partial charge in [-0.3, -0.25) is 52.7 Å². The summed E-state index contributed by atoms with van der Waals surface area (Å²) in [6.07, 6.45) is 2.82. The Bertz CT molecular complexity index is 2900. The fourth-order valence-corrected chi connectivity index (χ4v) is 14.7. The largest absolute Gasteiger partial charge is 0.417 e. The second-order valence-corrected chi connectivity index (χ2v) is 28.2. The minimum absolute atomic E-state index is 0.0474. The van der Waals surface area contributed by atoms with Crippen molar-refractivity contribution in [3.8, 4) is 0 Å². The van der Waals surface area contributed by atoms with Gasteiger partial charge in [-0.05, 0) is 112 Å². The molecule has 0 bridgehead atoms. The Morgan fingerprint density at radius 1 is 0.641 bits per heavy atom. The lowest BCUT2D eigenvalue weighted by Crippen LogP contribution is -2.69. The van der Waals surface area contributed by atoms with Crippen LogP contribution in [-0.2, 0) is 65.3 Å². The Labute approximate surface area is 544 Å². The lowest BCUT2D eigenvalue weighted by atomic mass is 9.84. The van der Waals surface area contributed by atoms with Gasteiger partial charge in [-0.15, -0.1) is 0 Å². The van der Waals surface area contributed by atoms with Crippen LogP contribution in [0.25, 0.3) is 0 Å². The summed E-state index contributed by atoms with van der Waals surface area (Å²) >= 11 is 6.13. The van der Waals surface area contributed by atoms with E-state index in [0.717, 1.165) is 44.2 Å². The SMILES string of the molecule is CC[C@H](C)[C@@H]1NC(=O)[C@H](CC(C)C)N(C)C(=O)C[C@@H](C)NC(=O)[C@H](C(C)C)N(C)C(=O)C2(CCCC2)NC(=O)[C@@H]2CCCN2C(=O)[C@H](CCc2ccc(C(F)(F)F)c(Cl)c2)NC(=O)CN(C)C(=O)[C@H](CC2CCCCC2)N(C)C(=O)[C@@H]2CCN2C(=O)[C@@H]2CCN2C1=O. The van der Waals surface area contributed by atoms with Crippen LogP contribution in [-0.4, -0.2) is 214 Å². The van der Waals surface area contributed by atoms with Crippen molar-refractivity contribution < 1.29 is 65.9 Å². The van der Waals surface area contributed by atoms with Crippen LogP contribution < -0.4 is 21.3 Å². The smallest absolute Gasteiger partial charge is 0.351 e. The number of rotatable bonds is 10. The first-order valence-electron chi connectivity index (χ1n) is 33.3. The number of amides is 11. The molecule has 4 N–H and O–H groups in total. The maximum Gasteiger partial charge on any atom is 0.417 e. The maximum absolute atomic E-state index is 15.0. The first-order valence-corrected chi connectivity index (χ1v) is 33.7. The molecule has 6 fully saturated rings. The van der Waals surface area contributed by atoms with Gasteiger partial charge in [-0.1, -0.05) is 111 Å². The molecule has 4 heterocycles. The van der Waals surface area contributed by atoms with Gasteiger partial charge >= 0.3 is 6.18 Å². The molecule has 92 heavy (non-hydrogen) atoms. The Balaban J connectivity index is 1.23. The second-order valence-electron chi connectivity index (χ2n) is 27.8. The minimum Gasteiger partial charge on any atom is -0.351 e. The van der Waals surface area contributed by atoms with E-state index < -0.39 is 160 Å². The number of nitrogens with one attached hydrogen (secondary N) is 4. The summed E-state index contributed by atoms with van der Waals surface area (Å²) in [6.45, 7) is 12.5. The quantitative estimate of drug-likeness (QED) is 0.229. The number of nitrogens with zero attached hydrogens (tertiary/aromatic N) is 7. The zero-order valence-corrected chi connectivity index (χ0v) is 56.4. The number of alkyl halides is 3. The number of halogens is 4. The average Bonchev–Trinajstić information content (AvgIpc) is 1.02. The Hall–Kier alpha value is -6.53. The van der Waals surface area contributed by atoms with Crippen molar-refractivity contribution in [3.63, 3.8) is 0 Å². The van der Waals surface area contributed by atoms with Crippen LogP contribution in [0.2, 0.25) is 5.02 Å². The van der Waals surface area contributed by atoms with Gasteiger partial charge in [0.25, 0.3) is 0 Å². The third-order valence-corrected chi connectivity index (χ3v) is 20.5. The average molecular weight is 1320 g/mol. The summed E-state index contributed by atoms with van der Waals surface area (Å²) in [4.78, 5) is 171. The molecule has 6 aliphatic rings. The van der Waals surface area contributed by atoms with Gasteiger partial charge in [-0.25, -0.2) is 0 Å². The molecule has 0 aromatic heterocycles. The standard InChI is InChI=1S/C66H99ClF3N11O11/c1-12-40(6)54-63(91)81-32-27-49(81)62(90)80-31-26-48(80)61(89)77(10)51(36-42-19-14-13-15-20-42)60(88)75(8)37-52(82)72-46(25-23-43-22-24-44(45(67)35-43)66(68,69)70)59(87)79-30-18-21-47(79)57(85)74-65(28-16-17-29-65)64(92)78(11)55(39(4)5)58(86)71-41(7)34-53(83)76(9)50(33-38(2)3)56(84)73-54/h22,24,35,38-42,46-51,54-55H,12-21,23,25-34,36-37H2,1-11H3,(H,71,86)(H,72,82)(H,73,84)(H,74,85)/t40-,41+,46-,47-,48-,49-,50-,51-,54-,55-/m0/s1. The maximum atomic E-state index is 15.0. The molecule has 4 saturated heterocycles. The van der Waals surface area contributed by atoms with Gasteiger partial charge in [0.05, 0.1) is 17.1 Å². The number of benzene rings is 1. The van der Waals surface area contributed by atoms with Crippen molar-refractivity contribution in [1.82, 2.24) is 55.6 Å². The Kier molecular flexibility index (Phi) is 24.7. The van der Waals surface area contributed by atoms with Crippen LogP contribution >= 0.6 is 11.6 Å². The van der Waals surface area contributed by atoms with Gasteiger partial charge < -0.3 is 55.6 Å². The number of hydrogen-bond donors (Lipinski definition) is 4. The Morgan fingerprint density at radius 3 is 1.84 bits per heavy atom. The summed E-state index contributed by atoms with van der Waals surface area (Å²) < 4.78 is 41.4. The molecule has 0 unspecified atom stereocenters. The van der Waals surface area contributed by atoms with E-state index in [4.69, 9.17) is 11.6 Å². The van der Waals surface area contributed by atoms with E-state index in [1.54, 1.807) is 20.8 Å². The molecule has 22 nitrogen and oxygen atoms in total. The third-order valence-electron chi connectivity index (χ3n) is 20.2. The highest BCUT2D eigenvalue weighted by Gasteiger charge is 2.52. The normalized spacial score (nSPS) is 28.6. The first kappa shape index (κ1) is 72.9. The van der Waals surface area contributed by atoms with E-state index in [9.17, 15) is 56.3 Å². The van der Waals surface area contributed by atoms with E-state index in [1.807, 2.05) is 27.7 Å². The molecule has 1 aromatic carbocycles. The topological polar surface area (TPSA) is 259 Å². The zero-order chi connectivity index (χ0) is 67.8. The number of fused-ring (bicyclic) bond motifs is 3. The predicted octanol–water partition coefficient (Wildman–Crippen LogP) is 5.45. The van der Waals surface area contributed by atoms with Gasteiger partial charge in [0.1, 0.15) is 53.9 Å². The highest BCUT2D eigenvalue weighted by Crippen LogP contribution is 2.38. The second kappa shape index (κ2) is 31.1. The van der Waals surface area contributed by atoms with Gasteiger partial charge in [0.2, 0.25) is 65.0 Å². The van der Waals surface area contributed by atoms with Gasteiger partial charge in [0.15, 0.2) is 0 Å². The first-order chi connectivity index (χ1) is 43.3. The van der Waals surface area contributed by atoms with Gasteiger partial charge in [-0.2, -0.15) is 13.2 Å². The van der Waals surface area contributed by atoms with Crippen molar-refractivity contribution in [2.75, 3.05) is 54.4 Å². The predicted molar refractivity (Wildman–Crippen MR) is 337 cm³/mol. The van der Waals surface area contributed by atoms with Crippen molar-refractivity contribution in [2.24, 2.45) is 23.7 Å². The van der Waals surface area contributed by atoms with Gasteiger partial charge in [0, 0.05) is 60.3 Å². The summed E-state index contributed by atoms with van der Waals surface area (Å²) in [7, 11) is 5.88. The molecule has 10 atom stereocenters. The fraction of sp³-hybridized carbons (Fsp3) is 0.742. The van der Waals surface area contributed by atoms with Crippen LogP contribution in [0.5, 0.6) is 0 Å². The van der Waals surface area contributed by atoms with Crippen LogP contribution in [0.4, 0.5) is 13.2 Å². The minimum atomic E-state index is -4.74.